The fraction of sp³-hybridized carbons (Fsp3) is 0.375. The van der Waals surface area contributed by atoms with Crippen LogP contribution in [-0.4, -0.2) is 40.1 Å². The van der Waals surface area contributed by atoms with Crippen molar-refractivity contribution in [1.82, 2.24) is 10.1 Å². The van der Waals surface area contributed by atoms with Gasteiger partial charge in [-0.2, -0.15) is 0 Å². The molecule has 0 atom stereocenters. The Morgan fingerprint density at radius 1 is 1.64 bits per heavy atom. The molecule has 0 fully saturated rings. The van der Waals surface area contributed by atoms with Crippen molar-refractivity contribution >= 4 is 11.9 Å². The fourth-order valence-corrected chi connectivity index (χ4v) is 0.975. The van der Waals surface area contributed by atoms with Gasteiger partial charge in [-0.3, -0.25) is 9.59 Å². The molecule has 0 bridgehead atoms. The minimum absolute atomic E-state index is 0.119. The Bertz CT molecular complexity index is 320. The summed E-state index contributed by atoms with van der Waals surface area (Å²) >= 11 is 0. The number of carboxylic acids is 1. The lowest BCUT2D eigenvalue weighted by Crippen LogP contribution is -2.35. The summed E-state index contributed by atoms with van der Waals surface area (Å²) in [5.41, 5.74) is 0.119. The second kappa shape index (κ2) is 4.40. The van der Waals surface area contributed by atoms with E-state index in [0.717, 1.165) is 0 Å². The number of nitrogens with zero attached hydrogens (tertiary/aromatic N) is 2. The molecule has 1 rings (SSSR count). The zero-order valence-electron chi connectivity index (χ0n) is 7.64. The van der Waals surface area contributed by atoms with Gasteiger partial charge in [0.2, 0.25) is 0 Å². The molecule has 1 aromatic rings. The van der Waals surface area contributed by atoms with E-state index in [-0.39, 0.29) is 12.2 Å². The van der Waals surface area contributed by atoms with Crippen molar-refractivity contribution in [1.29, 1.82) is 0 Å². The molecule has 0 aromatic carbocycles. The molecule has 6 nitrogen and oxygen atoms in total. The van der Waals surface area contributed by atoms with E-state index < -0.39 is 11.9 Å². The third-order valence-electron chi connectivity index (χ3n) is 1.65. The van der Waals surface area contributed by atoms with Gasteiger partial charge in [0.25, 0.3) is 5.91 Å². The Morgan fingerprint density at radius 2 is 2.36 bits per heavy atom. The number of aromatic nitrogens is 1. The number of hydrogen-bond donors (Lipinski definition) is 1. The van der Waals surface area contributed by atoms with Gasteiger partial charge in [0, 0.05) is 12.6 Å². The highest BCUT2D eigenvalue weighted by molar-refractivity contribution is 5.93. The van der Waals surface area contributed by atoms with Crippen molar-refractivity contribution in [2.24, 2.45) is 0 Å². The Hall–Kier alpha value is -1.85. The number of likely N-dealkylation sites (N-methyl/N-ethyl adjacent to an activating group) is 1. The molecule has 0 saturated carbocycles. The molecule has 0 radical (unpaired) electrons. The minimum Gasteiger partial charge on any atom is -0.480 e. The van der Waals surface area contributed by atoms with Gasteiger partial charge in [0.05, 0.1) is 0 Å². The van der Waals surface area contributed by atoms with E-state index in [1.165, 1.54) is 17.2 Å². The number of carbonyl (C=O) groups is 2. The van der Waals surface area contributed by atoms with Gasteiger partial charge in [0.15, 0.2) is 5.69 Å². The third kappa shape index (κ3) is 2.32. The lowest BCUT2D eigenvalue weighted by Gasteiger charge is -2.16. The highest BCUT2D eigenvalue weighted by Gasteiger charge is 2.18. The molecule has 1 aromatic heterocycles. The van der Waals surface area contributed by atoms with E-state index >= 15 is 0 Å². The van der Waals surface area contributed by atoms with Crippen molar-refractivity contribution in [2.75, 3.05) is 13.1 Å². The maximum absolute atomic E-state index is 11.5. The molecule has 0 aliphatic rings. The van der Waals surface area contributed by atoms with Crippen LogP contribution in [0.4, 0.5) is 0 Å². The molecule has 1 amide bonds. The third-order valence-corrected chi connectivity index (χ3v) is 1.65. The molecule has 0 unspecified atom stereocenters. The first-order valence-corrected chi connectivity index (χ1v) is 4.06. The molecule has 0 aliphatic carbocycles. The Morgan fingerprint density at radius 3 is 2.79 bits per heavy atom. The molecular weight excluding hydrogens is 188 g/mol. The first-order valence-electron chi connectivity index (χ1n) is 4.06. The maximum Gasteiger partial charge on any atom is 0.323 e. The highest BCUT2D eigenvalue weighted by Crippen LogP contribution is 2.01. The van der Waals surface area contributed by atoms with Crippen LogP contribution < -0.4 is 0 Å². The van der Waals surface area contributed by atoms with Gasteiger partial charge in [-0.1, -0.05) is 5.16 Å². The fourth-order valence-electron chi connectivity index (χ4n) is 0.975. The van der Waals surface area contributed by atoms with Gasteiger partial charge in [-0.15, -0.1) is 0 Å². The molecule has 0 saturated heterocycles. The molecule has 1 N–H and O–H groups in total. The molecular formula is C8H10N2O4. The first-order chi connectivity index (χ1) is 6.65. The van der Waals surface area contributed by atoms with Crippen LogP contribution in [0.25, 0.3) is 0 Å². The van der Waals surface area contributed by atoms with E-state index in [1.807, 2.05) is 0 Å². The monoisotopic (exact) mass is 198 g/mol. The van der Waals surface area contributed by atoms with Crippen LogP contribution >= 0.6 is 0 Å². The number of carboxylic acid groups (broad SMARTS) is 1. The number of hydrogen-bond acceptors (Lipinski definition) is 4. The van der Waals surface area contributed by atoms with E-state index in [9.17, 15) is 9.59 Å². The van der Waals surface area contributed by atoms with Crippen molar-refractivity contribution < 1.29 is 19.2 Å². The molecule has 76 valence electrons. The number of amides is 1. The second-order valence-electron chi connectivity index (χ2n) is 2.60. The molecule has 0 spiro atoms. The zero-order chi connectivity index (χ0) is 10.6. The molecule has 0 aliphatic heterocycles. The normalized spacial score (nSPS) is 9.79. The second-order valence-corrected chi connectivity index (χ2v) is 2.60. The van der Waals surface area contributed by atoms with E-state index in [0.29, 0.717) is 6.54 Å². The summed E-state index contributed by atoms with van der Waals surface area (Å²) < 4.78 is 4.49. The number of rotatable bonds is 4. The molecule has 14 heavy (non-hydrogen) atoms. The lowest BCUT2D eigenvalue weighted by molar-refractivity contribution is -0.137. The van der Waals surface area contributed by atoms with E-state index in [1.54, 1.807) is 6.92 Å². The number of aliphatic carboxylic acids is 1. The van der Waals surface area contributed by atoms with Crippen LogP contribution in [-0.2, 0) is 4.79 Å². The van der Waals surface area contributed by atoms with Gasteiger partial charge < -0.3 is 14.5 Å². The Balaban J connectivity index is 2.70. The predicted molar refractivity (Wildman–Crippen MR) is 45.7 cm³/mol. The van der Waals surface area contributed by atoms with E-state index in [4.69, 9.17) is 5.11 Å². The standard InChI is InChI=1S/C8H10N2O4/c1-2-10(5-7(11)12)8(13)6-3-4-14-9-6/h3-4H,2,5H2,1H3,(H,11,12). The Labute approximate surface area is 80.1 Å². The molecule has 1 heterocycles. The van der Waals surface area contributed by atoms with Crippen LogP contribution in [0.2, 0.25) is 0 Å². The highest BCUT2D eigenvalue weighted by atomic mass is 16.5. The SMILES string of the molecule is CCN(CC(=O)O)C(=O)c1ccon1. The summed E-state index contributed by atoms with van der Waals surface area (Å²) in [5.74, 6) is -1.49. The average Bonchev–Trinajstić information content (AvgIpc) is 2.65. The number of carbonyl (C=O) groups excluding carboxylic acids is 1. The van der Waals surface area contributed by atoms with Crippen LogP contribution in [0, 0.1) is 0 Å². The topological polar surface area (TPSA) is 83.6 Å². The zero-order valence-corrected chi connectivity index (χ0v) is 7.64. The summed E-state index contributed by atoms with van der Waals surface area (Å²) in [6.45, 7) is 1.68. The van der Waals surface area contributed by atoms with Crippen LogP contribution in [0.5, 0.6) is 0 Å². The molecule has 6 heteroatoms. The van der Waals surface area contributed by atoms with Crippen LogP contribution in [0.3, 0.4) is 0 Å². The summed E-state index contributed by atoms with van der Waals surface area (Å²) in [6, 6.07) is 1.40. The van der Waals surface area contributed by atoms with Gasteiger partial charge >= 0.3 is 5.97 Å². The van der Waals surface area contributed by atoms with E-state index in [2.05, 4.69) is 9.68 Å². The van der Waals surface area contributed by atoms with Crippen molar-refractivity contribution in [3.05, 3.63) is 18.0 Å². The predicted octanol–water partition coefficient (Wildman–Crippen LogP) is 0.221. The largest absolute Gasteiger partial charge is 0.480 e. The van der Waals surface area contributed by atoms with Crippen LogP contribution in [0.15, 0.2) is 16.9 Å². The summed E-state index contributed by atoms with van der Waals surface area (Å²) in [6.07, 6.45) is 1.27. The lowest BCUT2D eigenvalue weighted by atomic mass is 10.3. The maximum atomic E-state index is 11.5. The first kappa shape index (κ1) is 10.2. The van der Waals surface area contributed by atoms with Gasteiger partial charge in [-0.25, -0.2) is 0 Å². The van der Waals surface area contributed by atoms with Crippen molar-refractivity contribution in [2.45, 2.75) is 6.92 Å². The average molecular weight is 198 g/mol. The van der Waals surface area contributed by atoms with Crippen molar-refractivity contribution in [3.63, 3.8) is 0 Å². The quantitative estimate of drug-likeness (QED) is 0.748. The van der Waals surface area contributed by atoms with Crippen LogP contribution in [0.1, 0.15) is 17.4 Å². The minimum atomic E-state index is -1.05. The van der Waals surface area contributed by atoms with Crippen molar-refractivity contribution in [3.8, 4) is 0 Å². The summed E-state index contributed by atoms with van der Waals surface area (Å²) in [4.78, 5) is 23.1. The van der Waals surface area contributed by atoms with Gasteiger partial charge in [0.1, 0.15) is 12.8 Å². The summed E-state index contributed by atoms with van der Waals surface area (Å²) in [5, 5.41) is 12.0. The smallest absolute Gasteiger partial charge is 0.323 e. The van der Waals surface area contributed by atoms with Gasteiger partial charge in [-0.05, 0) is 6.92 Å². The Kier molecular flexibility index (Phi) is 3.22. The summed E-state index contributed by atoms with van der Waals surface area (Å²) in [7, 11) is 0.